The summed E-state index contributed by atoms with van der Waals surface area (Å²) in [4.78, 5) is 15.9. The Balaban J connectivity index is 1.87. The molecule has 0 heterocycles. The van der Waals surface area contributed by atoms with Gasteiger partial charge in [-0.05, 0) is 24.3 Å². The minimum atomic E-state index is 0.219. The summed E-state index contributed by atoms with van der Waals surface area (Å²) in [7, 11) is 3.66. The predicted octanol–water partition coefficient (Wildman–Crippen LogP) is 2.77. The van der Waals surface area contributed by atoms with Crippen LogP contribution in [0.2, 0.25) is 0 Å². The van der Waals surface area contributed by atoms with Gasteiger partial charge in [0.2, 0.25) is 5.91 Å². The second-order valence-electron chi connectivity index (χ2n) is 6.06. The number of carbonyl (C=O) groups is 1. The molecule has 0 aromatic heterocycles. The van der Waals surface area contributed by atoms with E-state index in [4.69, 9.17) is 0 Å². The highest BCUT2D eigenvalue weighted by Gasteiger charge is 2.21. The summed E-state index contributed by atoms with van der Waals surface area (Å²) in [6.45, 7) is 2.95. The van der Waals surface area contributed by atoms with Crippen molar-refractivity contribution in [1.29, 1.82) is 0 Å². The normalized spacial score (nSPS) is 15.2. The van der Waals surface area contributed by atoms with Crippen LogP contribution >= 0.6 is 0 Å². The zero-order valence-corrected chi connectivity index (χ0v) is 12.7. The fraction of sp³-hybridized carbons (Fsp3) is 0.588. The van der Waals surface area contributed by atoms with Crippen LogP contribution in [0.15, 0.2) is 30.3 Å². The fourth-order valence-electron chi connectivity index (χ4n) is 2.59. The van der Waals surface area contributed by atoms with Gasteiger partial charge in [0.15, 0.2) is 0 Å². The average molecular weight is 274 g/mol. The summed E-state index contributed by atoms with van der Waals surface area (Å²) in [5.74, 6) is 1.06. The Morgan fingerprint density at radius 1 is 1.20 bits per heavy atom. The standard InChI is InChI=1S/C17H26N2O/c1-18(2)17(20)11-12-19(14-16-9-6-10-16)13-15-7-4-3-5-8-15/h3-5,7-8,16H,6,9-14H2,1-2H3. The Kier molecular flexibility index (Phi) is 5.60. The van der Waals surface area contributed by atoms with Crippen molar-refractivity contribution in [3.63, 3.8) is 0 Å². The molecule has 20 heavy (non-hydrogen) atoms. The third kappa shape index (κ3) is 4.64. The summed E-state index contributed by atoms with van der Waals surface area (Å²) in [5, 5.41) is 0. The molecule has 1 saturated carbocycles. The van der Waals surface area contributed by atoms with Crippen LogP contribution in [-0.2, 0) is 11.3 Å². The SMILES string of the molecule is CN(C)C(=O)CCN(Cc1ccccc1)CC1CCC1. The highest BCUT2D eigenvalue weighted by molar-refractivity contribution is 5.75. The fourth-order valence-corrected chi connectivity index (χ4v) is 2.59. The lowest BCUT2D eigenvalue weighted by molar-refractivity contribution is -0.129. The van der Waals surface area contributed by atoms with E-state index in [-0.39, 0.29) is 5.91 Å². The molecule has 0 bridgehead atoms. The molecule has 0 atom stereocenters. The monoisotopic (exact) mass is 274 g/mol. The minimum Gasteiger partial charge on any atom is -0.349 e. The smallest absolute Gasteiger partial charge is 0.223 e. The van der Waals surface area contributed by atoms with Gasteiger partial charge >= 0.3 is 0 Å². The zero-order valence-electron chi connectivity index (χ0n) is 12.7. The predicted molar refractivity (Wildman–Crippen MR) is 82.4 cm³/mol. The van der Waals surface area contributed by atoms with Crippen LogP contribution in [0.3, 0.4) is 0 Å². The van der Waals surface area contributed by atoms with Gasteiger partial charge in [-0.25, -0.2) is 0 Å². The Hall–Kier alpha value is -1.35. The molecular formula is C17H26N2O. The molecule has 3 heteroatoms. The van der Waals surface area contributed by atoms with Gasteiger partial charge in [-0.3, -0.25) is 9.69 Å². The third-order valence-corrected chi connectivity index (χ3v) is 4.13. The maximum atomic E-state index is 11.8. The van der Waals surface area contributed by atoms with E-state index in [1.54, 1.807) is 4.90 Å². The second kappa shape index (κ2) is 7.44. The van der Waals surface area contributed by atoms with Crippen molar-refractivity contribution >= 4 is 5.91 Å². The number of benzene rings is 1. The second-order valence-corrected chi connectivity index (χ2v) is 6.06. The molecule has 1 amide bonds. The van der Waals surface area contributed by atoms with E-state index in [9.17, 15) is 4.79 Å². The highest BCUT2D eigenvalue weighted by atomic mass is 16.2. The summed E-state index contributed by atoms with van der Waals surface area (Å²) in [6, 6.07) is 10.6. The molecule has 0 N–H and O–H groups in total. The van der Waals surface area contributed by atoms with Gasteiger partial charge in [0.25, 0.3) is 0 Å². The zero-order chi connectivity index (χ0) is 14.4. The van der Waals surface area contributed by atoms with E-state index < -0.39 is 0 Å². The lowest BCUT2D eigenvalue weighted by Crippen LogP contribution is -2.35. The van der Waals surface area contributed by atoms with Crippen LogP contribution in [0.1, 0.15) is 31.2 Å². The molecule has 1 aliphatic carbocycles. The van der Waals surface area contributed by atoms with E-state index in [1.807, 2.05) is 14.1 Å². The molecule has 2 rings (SSSR count). The van der Waals surface area contributed by atoms with Gasteiger partial charge in [0, 0.05) is 40.2 Å². The lowest BCUT2D eigenvalue weighted by atomic mass is 9.85. The van der Waals surface area contributed by atoms with Crippen molar-refractivity contribution in [3.8, 4) is 0 Å². The first-order valence-corrected chi connectivity index (χ1v) is 7.61. The molecule has 0 spiro atoms. The maximum Gasteiger partial charge on any atom is 0.223 e. The summed E-state index contributed by atoms with van der Waals surface area (Å²) in [6.07, 6.45) is 4.70. The largest absolute Gasteiger partial charge is 0.349 e. The van der Waals surface area contributed by atoms with E-state index in [1.165, 1.54) is 24.8 Å². The highest BCUT2D eigenvalue weighted by Crippen LogP contribution is 2.27. The molecule has 1 aliphatic rings. The number of hydrogen-bond acceptors (Lipinski definition) is 2. The number of rotatable bonds is 7. The van der Waals surface area contributed by atoms with Gasteiger partial charge in [-0.15, -0.1) is 0 Å². The Bertz CT molecular complexity index is 412. The molecule has 0 unspecified atom stereocenters. The molecule has 0 radical (unpaired) electrons. The van der Waals surface area contributed by atoms with E-state index in [2.05, 4.69) is 35.2 Å². The molecule has 1 aromatic carbocycles. The van der Waals surface area contributed by atoms with Crippen LogP contribution in [0.5, 0.6) is 0 Å². The van der Waals surface area contributed by atoms with Gasteiger partial charge < -0.3 is 4.90 Å². The van der Waals surface area contributed by atoms with Gasteiger partial charge in [0.05, 0.1) is 0 Å². The van der Waals surface area contributed by atoms with Crippen molar-refractivity contribution < 1.29 is 4.79 Å². The van der Waals surface area contributed by atoms with Crippen molar-refractivity contribution in [1.82, 2.24) is 9.80 Å². The number of hydrogen-bond donors (Lipinski definition) is 0. The summed E-state index contributed by atoms with van der Waals surface area (Å²) < 4.78 is 0. The topological polar surface area (TPSA) is 23.6 Å². The Labute approximate surface area is 122 Å². The summed E-state index contributed by atoms with van der Waals surface area (Å²) >= 11 is 0. The van der Waals surface area contributed by atoms with E-state index in [0.29, 0.717) is 6.42 Å². The van der Waals surface area contributed by atoms with Gasteiger partial charge in [0.1, 0.15) is 0 Å². The van der Waals surface area contributed by atoms with Crippen LogP contribution in [0.25, 0.3) is 0 Å². The van der Waals surface area contributed by atoms with Gasteiger partial charge in [-0.1, -0.05) is 36.8 Å². The molecular weight excluding hydrogens is 248 g/mol. The summed E-state index contributed by atoms with van der Waals surface area (Å²) in [5.41, 5.74) is 1.34. The Morgan fingerprint density at radius 3 is 2.45 bits per heavy atom. The van der Waals surface area contributed by atoms with Crippen LogP contribution in [0.4, 0.5) is 0 Å². The minimum absolute atomic E-state index is 0.219. The van der Waals surface area contributed by atoms with Gasteiger partial charge in [-0.2, -0.15) is 0 Å². The van der Waals surface area contributed by atoms with E-state index in [0.717, 1.165) is 25.6 Å². The van der Waals surface area contributed by atoms with Crippen LogP contribution < -0.4 is 0 Å². The third-order valence-electron chi connectivity index (χ3n) is 4.13. The molecule has 1 aromatic rings. The quantitative estimate of drug-likeness (QED) is 0.763. The maximum absolute atomic E-state index is 11.8. The Morgan fingerprint density at radius 2 is 1.90 bits per heavy atom. The molecule has 1 fully saturated rings. The number of amides is 1. The van der Waals surface area contributed by atoms with E-state index >= 15 is 0 Å². The van der Waals surface area contributed by atoms with Crippen molar-refractivity contribution in [2.75, 3.05) is 27.2 Å². The first-order valence-electron chi connectivity index (χ1n) is 7.61. The average Bonchev–Trinajstić information content (AvgIpc) is 2.40. The molecule has 0 saturated heterocycles. The molecule has 3 nitrogen and oxygen atoms in total. The van der Waals surface area contributed by atoms with Crippen molar-refractivity contribution in [2.24, 2.45) is 5.92 Å². The first kappa shape index (κ1) is 15.0. The van der Waals surface area contributed by atoms with Crippen molar-refractivity contribution in [2.45, 2.75) is 32.2 Å². The number of carbonyl (C=O) groups excluding carboxylic acids is 1. The molecule has 110 valence electrons. The molecule has 0 aliphatic heterocycles. The van der Waals surface area contributed by atoms with Crippen LogP contribution in [0, 0.1) is 5.92 Å². The lowest BCUT2D eigenvalue weighted by Gasteiger charge is -2.32. The van der Waals surface area contributed by atoms with Crippen molar-refractivity contribution in [3.05, 3.63) is 35.9 Å². The number of nitrogens with zero attached hydrogens (tertiary/aromatic N) is 2. The first-order chi connectivity index (χ1) is 9.65. The van der Waals surface area contributed by atoms with Crippen LogP contribution in [-0.4, -0.2) is 42.9 Å².